The molecular formula is C17H24N2O2. The van der Waals surface area contributed by atoms with Gasteiger partial charge in [0.2, 0.25) is 0 Å². The Morgan fingerprint density at radius 1 is 1.10 bits per heavy atom. The summed E-state index contributed by atoms with van der Waals surface area (Å²) < 4.78 is 7.02. The molecule has 0 aliphatic heterocycles. The molecule has 0 fully saturated rings. The Labute approximate surface area is 126 Å². The van der Waals surface area contributed by atoms with Gasteiger partial charge in [-0.15, -0.1) is 0 Å². The van der Waals surface area contributed by atoms with Crippen molar-refractivity contribution in [2.75, 3.05) is 6.61 Å². The molecule has 0 amide bonds. The van der Waals surface area contributed by atoms with Gasteiger partial charge in [0.05, 0.1) is 12.2 Å². The van der Waals surface area contributed by atoms with Crippen molar-refractivity contribution in [3.05, 3.63) is 58.5 Å². The number of para-hydroxylation sites is 1. The van der Waals surface area contributed by atoms with E-state index in [1.54, 1.807) is 12.1 Å². The molecule has 114 valence electrons. The molecule has 0 atom stereocenters. The molecule has 21 heavy (non-hydrogen) atoms. The average molecular weight is 288 g/mol. The van der Waals surface area contributed by atoms with Gasteiger partial charge in [-0.25, -0.2) is 4.68 Å². The fourth-order valence-corrected chi connectivity index (χ4v) is 1.70. The van der Waals surface area contributed by atoms with Gasteiger partial charge in [-0.05, 0) is 24.1 Å². The van der Waals surface area contributed by atoms with E-state index in [0.29, 0.717) is 19.1 Å². The van der Waals surface area contributed by atoms with Crippen molar-refractivity contribution in [3.8, 4) is 5.75 Å². The molecule has 2 rings (SSSR count). The van der Waals surface area contributed by atoms with Crippen LogP contribution in [-0.2, 0) is 6.54 Å². The normalized spacial score (nSPS) is 9.95. The molecule has 0 bridgehead atoms. The van der Waals surface area contributed by atoms with E-state index in [9.17, 15) is 4.79 Å². The number of aromatic nitrogens is 2. The van der Waals surface area contributed by atoms with Gasteiger partial charge in [0, 0.05) is 6.07 Å². The highest BCUT2D eigenvalue weighted by Gasteiger charge is 2.04. The van der Waals surface area contributed by atoms with Crippen LogP contribution in [0.5, 0.6) is 5.75 Å². The first-order valence-corrected chi connectivity index (χ1v) is 7.43. The molecule has 2 aromatic rings. The molecule has 0 saturated carbocycles. The molecule has 1 aromatic carbocycles. The molecule has 0 radical (unpaired) electrons. The van der Waals surface area contributed by atoms with Crippen LogP contribution >= 0.6 is 0 Å². The number of benzene rings is 1. The van der Waals surface area contributed by atoms with E-state index in [1.807, 2.05) is 44.2 Å². The smallest absolute Gasteiger partial charge is 0.266 e. The highest BCUT2D eigenvalue weighted by atomic mass is 16.5. The lowest BCUT2D eigenvalue weighted by Crippen LogP contribution is -2.26. The van der Waals surface area contributed by atoms with Gasteiger partial charge in [0.1, 0.15) is 12.4 Å². The Kier molecular flexibility index (Phi) is 7.23. The van der Waals surface area contributed by atoms with E-state index < -0.39 is 0 Å². The van der Waals surface area contributed by atoms with Crippen molar-refractivity contribution in [1.82, 2.24) is 9.78 Å². The summed E-state index contributed by atoms with van der Waals surface area (Å²) in [5.41, 5.74) is 0.820. The Morgan fingerprint density at radius 3 is 2.38 bits per heavy atom. The first-order chi connectivity index (χ1) is 10.2. The first kappa shape index (κ1) is 17.0. The fourth-order valence-electron chi connectivity index (χ4n) is 1.70. The highest BCUT2D eigenvalue weighted by Crippen LogP contribution is 2.09. The minimum atomic E-state index is -0.0962. The third-order valence-corrected chi connectivity index (χ3v) is 2.79. The van der Waals surface area contributed by atoms with Crippen molar-refractivity contribution >= 4 is 0 Å². The molecule has 0 unspecified atom stereocenters. The van der Waals surface area contributed by atoms with E-state index in [2.05, 4.69) is 18.9 Å². The van der Waals surface area contributed by atoms with Gasteiger partial charge in [0.25, 0.3) is 5.56 Å². The Hall–Kier alpha value is -2.10. The zero-order valence-corrected chi connectivity index (χ0v) is 13.2. The third-order valence-electron chi connectivity index (χ3n) is 2.79. The summed E-state index contributed by atoms with van der Waals surface area (Å²) in [6, 6.07) is 12.9. The monoisotopic (exact) mass is 288 g/mol. The molecule has 1 aromatic heterocycles. The number of hydrogen-bond acceptors (Lipinski definition) is 3. The van der Waals surface area contributed by atoms with E-state index in [-0.39, 0.29) is 5.56 Å². The van der Waals surface area contributed by atoms with Gasteiger partial charge in [-0.2, -0.15) is 5.10 Å². The summed E-state index contributed by atoms with van der Waals surface area (Å²) in [6.07, 6.45) is 0. The molecule has 0 aliphatic carbocycles. The third kappa shape index (κ3) is 5.42. The van der Waals surface area contributed by atoms with E-state index >= 15 is 0 Å². The molecule has 0 saturated heterocycles. The molecule has 0 spiro atoms. The summed E-state index contributed by atoms with van der Waals surface area (Å²) >= 11 is 0. The van der Waals surface area contributed by atoms with Crippen molar-refractivity contribution < 1.29 is 4.74 Å². The summed E-state index contributed by atoms with van der Waals surface area (Å²) in [5.74, 6) is 1.11. The van der Waals surface area contributed by atoms with Crippen LogP contribution in [0.1, 0.15) is 39.3 Å². The summed E-state index contributed by atoms with van der Waals surface area (Å²) in [5, 5.41) is 4.33. The van der Waals surface area contributed by atoms with Crippen LogP contribution in [0, 0.1) is 0 Å². The lowest BCUT2D eigenvalue weighted by atomic mass is 10.1. The SMILES string of the molecule is CC.CC(C)c1ccc(=O)n(CCOc2ccccc2)n1. The van der Waals surface area contributed by atoms with Crippen LogP contribution in [0.15, 0.2) is 47.3 Å². The van der Waals surface area contributed by atoms with Crippen LogP contribution in [0.4, 0.5) is 0 Å². The number of nitrogens with zero attached hydrogens (tertiary/aromatic N) is 2. The van der Waals surface area contributed by atoms with Crippen LogP contribution in [0.25, 0.3) is 0 Å². The quantitative estimate of drug-likeness (QED) is 0.846. The minimum absolute atomic E-state index is 0.0962. The number of ether oxygens (including phenoxy) is 1. The maximum absolute atomic E-state index is 11.7. The zero-order chi connectivity index (χ0) is 15.7. The summed E-state index contributed by atoms with van der Waals surface area (Å²) in [4.78, 5) is 11.7. The van der Waals surface area contributed by atoms with E-state index in [1.165, 1.54) is 4.68 Å². The average Bonchev–Trinajstić information content (AvgIpc) is 2.52. The maximum atomic E-state index is 11.7. The first-order valence-electron chi connectivity index (χ1n) is 7.43. The topological polar surface area (TPSA) is 44.1 Å². The Balaban J connectivity index is 0.00000106. The lowest BCUT2D eigenvalue weighted by molar-refractivity contribution is 0.287. The second-order valence-electron chi connectivity index (χ2n) is 4.64. The fraction of sp³-hybridized carbons (Fsp3) is 0.412. The lowest BCUT2D eigenvalue weighted by Gasteiger charge is -2.10. The van der Waals surface area contributed by atoms with Crippen molar-refractivity contribution in [2.45, 2.75) is 40.2 Å². The van der Waals surface area contributed by atoms with E-state index in [4.69, 9.17) is 4.74 Å². The zero-order valence-electron chi connectivity index (χ0n) is 13.2. The van der Waals surface area contributed by atoms with Gasteiger partial charge in [0.15, 0.2) is 0 Å². The molecule has 0 N–H and O–H groups in total. The Bertz CT molecular complexity index is 577. The molecule has 1 heterocycles. The van der Waals surface area contributed by atoms with Crippen LogP contribution in [-0.4, -0.2) is 16.4 Å². The van der Waals surface area contributed by atoms with Crippen LogP contribution < -0.4 is 10.3 Å². The molecule has 4 nitrogen and oxygen atoms in total. The van der Waals surface area contributed by atoms with Crippen molar-refractivity contribution in [3.63, 3.8) is 0 Å². The summed E-state index contributed by atoms with van der Waals surface area (Å²) in [6.45, 7) is 8.99. The predicted octanol–water partition coefficient (Wildman–Crippen LogP) is 3.47. The maximum Gasteiger partial charge on any atom is 0.266 e. The number of hydrogen-bond donors (Lipinski definition) is 0. The largest absolute Gasteiger partial charge is 0.492 e. The minimum Gasteiger partial charge on any atom is -0.492 e. The predicted molar refractivity (Wildman–Crippen MR) is 85.9 cm³/mol. The Morgan fingerprint density at radius 2 is 1.76 bits per heavy atom. The van der Waals surface area contributed by atoms with Gasteiger partial charge >= 0.3 is 0 Å². The second kappa shape index (κ2) is 8.95. The highest BCUT2D eigenvalue weighted by molar-refractivity contribution is 5.20. The van der Waals surface area contributed by atoms with Gasteiger partial charge in [-0.3, -0.25) is 4.79 Å². The van der Waals surface area contributed by atoms with Crippen molar-refractivity contribution in [2.24, 2.45) is 0 Å². The molecular weight excluding hydrogens is 264 g/mol. The van der Waals surface area contributed by atoms with Gasteiger partial charge < -0.3 is 4.74 Å². The standard InChI is InChI=1S/C15H18N2O2.C2H6/c1-12(2)14-8-9-15(18)17(16-14)10-11-19-13-6-4-3-5-7-13;1-2/h3-9,12H,10-11H2,1-2H3;1-2H3. The van der Waals surface area contributed by atoms with Gasteiger partial charge in [-0.1, -0.05) is 45.9 Å². The van der Waals surface area contributed by atoms with Crippen molar-refractivity contribution in [1.29, 1.82) is 0 Å². The van der Waals surface area contributed by atoms with Crippen LogP contribution in [0.2, 0.25) is 0 Å². The number of rotatable bonds is 5. The van der Waals surface area contributed by atoms with Crippen LogP contribution in [0.3, 0.4) is 0 Å². The summed E-state index contributed by atoms with van der Waals surface area (Å²) in [7, 11) is 0. The second-order valence-corrected chi connectivity index (χ2v) is 4.64. The molecule has 0 aliphatic rings. The van der Waals surface area contributed by atoms with E-state index in [0.717, 1.165) is 11.4 Å². The molecule has 4 heteroatoms.